The van der Waals surface area contributed by atoms with Gasteiger partial charge in [-0.05, 0) is 39.3 Å². The van der Waals surface area contributed by atoms with E-state index in [0.29, 0.717) is 5.54 Å². The summed E-state index contributed by atoms with van der Waals surface area (Å²) in [5.74, 6) is 0. The maximum absolute atomic E-state index is 4.44. The summed E-state index contributed by atoms with van der Waals surface area (Å²) < 4.78 is 0. The van der Waals surface area contributed by atoms with Gasteiger partial charge in [0.15, 0.2) is 0 Å². The summed E-state index contributed by atoms with van der Waals surface area (Å²) >= 11 is 0. The molecule has 1 aromatic heterocycles. The van der Waals surface area contributed by atoms with Crippen LogP contribution in [0.15, 0.2) is 24.4 Å². The number of rotatable bonds is 2. The Bertz CT molecular complexity index is 397. The van der Waals surface area contributed by atoms with E-state index in [4.69, 9.17) is 0 Å². The lowest BCUT2D eigenvalue weighted by Gasteiger charge is -2.59. The molecule has 0 amide bonds. The second kappa shape index (κ2) is 4.32. The quantitative estimate of drug-likeness (QED) is 0.796. The molecular weight excluding hydrogens is 222 g/mol. The van der Waals surface area contributed by atoms with Crippen LogP contribution in [0.3, 0.4) is 0 Å². The van der Waals surface area contributed by atoms with Crippen LogP contribution in [0.4, 0.5) is 0 Å². The summed E-state index contributed by atoms with van der Waals surface area (Å²) in [4.78, 5) is 9.70. The molecule has 0 radical (unpaired) electrons. The van der Waals surface area contributed by atoms with E-state index in [1.807, 2.05) is 12.3 Å². The van der Waals surface area contributed by atoms with Crippen LogP contribution in [0.25, 0.3) is 0 Å². The molecule has 3 saturated heterocycles. The molecule has 2 bridgehead atoms. The van der Waals surface area contributed by atoms with Crippen molar-refractivity contribution < 1.29 is 0 Å². The first kappa shape index (κ1) is 12.1. The Morgan fingerprint density at radius 2 is 1.94 bits per heavy atom. The molecule has 1 aromatic rings. The van der Waals surface area contributed by atoms with E-state index >= 15 is 0 Å². The predicted molar refractivity (Wildman–Crippen MR) is 73.3 cm³/mol. The van der Waals surface area contributed by atoms with Crippen LogP contribution in [0.1, 0.15) is 32.9 Å². The van der Waals surface area contributed by atoms with Crippen molar-refractivity contribution in [3.05, 3.63) is 30.1 Å². The van der Waals surface area contributed by atoms with Gasteiger partial charge in [0, 0.05) is 43.5 Å². The molecule has 3 fully saturated rings. The average molecular weight is 245 g/mol. The Hall–Kier alpha value is -0.930. The molecule has 2 atom stereocenters. The van der Waals surface area contributed by atoms with E-state index in [2.05, 4.69) is 47.7 Å². The number of piperazine rings is 1. The number of hydrogen-bond acceptors (Lipinski definition) is 3. The second-order valence-electron chi connectivity index (χ2n) is 6.61. The van der Waals surface area contributed by atoms with Crippen LogP contribution in [0.5, 0.6) is 0 Å². The molecule has 0 spiro atoms. The Morgan fingerprint density at radius 1 is 1.22 bits per heavy atom. The minimum absolute atomic E-state index is 0.313. The number of piperidine rings is 1. The molecule has 18 heavy (non-hydrogen) atoms. The standard InChI is InChI=1S/C15H23N3/c1-15(2,3)17-10-13-8-14(11-17)18(13)9-12-6-4-5-7-16-12/h4-7,13-14H,8-11H2,1-3H3. The number of hydrogen-bond donors (Lipinski definition) is 0. The molecule has 3 heteroatoms. The number of nitrogens with zero attached hydrogens (tertiary/aromatic N) is 3. The maximum Gasteiger partial charge on any atom is 0.0544 e. The van der Waals surface area contributed by atoms with E-state index in [1.165, 1.54) is 25.2 Å². The SMILES string of the molecule is CC(C)(C)N1CC2CC(C1)N2Cc1ccccn1. The smallest absolute Gasteiger partial charge is 0.0544 e. The van der Waals surface area contributed by atoms with Crippen LogP contribution in [-0.4, -0.2) is 45.5 Å². The minimum atomic E-state index is 0.313. The summed E-state index contributed by atoms with van der Waals surface area (Å²) in [5.41, 5.74) is 1.52. The lowest BCUT2D eigenvalue weighted by atomic mass is 9.84. The second-order valence-corrected chi connectivity index (χ2v) is 6.61. The summed E-state index contributed by atoms with van der Waals surface area (Å²) in [7, 11) is 0. The van der Waals surface area contributed by atoms with Gasteiger partial charge in [0.1, 0.15) is 0 Å². The van der Waals surface area contributed by atoms with Crippen LogP contribution in [0, 0.1) is 0 Å². The molecule has 4 rings (SSSR count). The van der Waals surface area contributed by atoms with Crippen molar-refractivity contribution in [1.29, 1.82) is 0 Å². The first-order valence-electron chi connectivity index (χ1n) is 6.95. The van der Waals surface area contributed by atoms with Crippen molar-refractivity contribution in [1.82, 2.24) is 14.8 Å². The number of pyridine rings is 1. The highest BCUT2D eigenvalue weighted by Crippen LogP contribution is 2.36. The van der Waals surface area contributed by atoms with Gasteiger partial charge in [0.2, 0.25) is 0 Å². The Labute approximate surface area is 110 Å². The molecule has 3 nitrogen and oxygen atoms in total. The number of aromatic nitrogens is 1. The van der Waals surface area contributed by atoms with Crippen LogP contribution in [-0.2, 0) is 6.54 Å². The summed E-state index contributed by atoms with van der Waals surface area (Å²) in [6.45, 7) is 10.4. The third-order valence-corrected chi connectivity index (χ3v) is 4.36. The Balaban J connectivity index is 1.63. The van der Waals surface area contributed by atoms with E-state index in [1.54, 1.807) is 0 Å². The fourth-order valence-electron chi connectivity index (χ4n) is 3.17. The highest BCUT2D eigenvalue weighted by molar-refractivity contribution is 5.09. The number of fused-ring (bicyclic) bond motifs is 2. The monoisotopic (exact) mass is 245 g/mol. The van der Waals surface area contributed by atoms with E-state index in [-0.39, 0.29) is 0 Å². The largest absolute Gasteiger partial charge is 0.295 e. The molecule has 3 aliphatic heterocycles. The van der Waals surface area contributed by atoms with Gasteiger partial charge in [-0.25, -0.2) is 0 Å². The van der Waals surface area contributed by atoms with Gasteiger partial charge in [0.05, 0.1) is 5.69 Å². The zero-order chi connectivity index (χ0) is 12.8. The average Bonchev–Trinajstić information content (AvgIpc) is 2.36. The topological polar surface area (TPSA) is 19.4 Å². The molecule has 2 unspecified atom stereocenters. The fourth-order valence-corrected chi connectivity index (χ4v) is 3.17. The van der Waals surface area contributed by atoms with Gasteiger partial charge < -0.3 is 0 Å². The highest BCUT2D eigenvalue weighted by atomic mass is 15.4. The minimum Gasteiger partial charge on any atom is -0.295 e. The fraction of sp³-hybridized carbons (Fsp3) is 0.667. The van der Waals surface area contributed by atoms with Crippen molar-refractivity contribution in [3.8, 4) is 0 Å². The Morgan fingerprint density at radius 3 is 2.50 bits per heavy atom. The first-order chi connectivity index (χ1) is 8.54. The Kier molecular flexibility index (Phi) is 2.91. The van der Waals surface area contributed by atoms with Gasteiger partial charge >= 0.3 is 0 Å². The van der Waals surface area contributed by atoms with E-state index in [9.17, 15) is 0 Å². The summed E-state index contributed by atoms with van der Waals surface area (Å²) in [6.07, 6.45) is 3.27. The zero-order valence-corrected chi connectivity index (χ0v) is 11.6. The van der Waals surface area contributed by atoms with Gasteiger partial charge in [0.25, 0.3) is 0 Å². The predicted octanol–water partition coefficient (Wildman–Crippen LogP) is 2.14. The van der Waals surface area contributed by atoms with Gasteiger partial charge in [-0.2, -0.15) is 0 Å². The molecule has 0 N–H and O–H groups in total. The molecule has 4 heterocycles. The molecule has 0 aromatic carbocycles. The third kappa shape index (κ3) is 2.17. The lowest BCUT2D eigenvalue weighted by molar-refractivity contribution is -0.100. The van der Waals surface area contributed by atoms with Crippen LogP contribution >= 0.6 is 0 Å². The normalized spacial score (nSPS) is 29.1. The van der Waals surface area contributed by atoms with Crippen molar-refractivity contribution in [2.45, 2.75) is 51.4 Å². The zero-order valence-electron chi connectivity index (χ0n) is 11.6. The van der Waals surface area contributed by atoms with Crippen molar-refractivity contribution >= 4 is 0 Å². The lowest BCUT2D eigenvalue weighted by Crippen LogP contribution is -2.70. The molecular formula is C15H23N3. The van der Waals surface area contributed by atoms with E-state index in [0.717, 1.165) is 18.6 Å². The first-order valence-corrected chi connectivity index (χ1v) is 6.95. The summed E-state index contributed by atoms with van der Waals surface area (Å²) in [5, 5.41) is 0. The van der Waals surface area contributed by atoms with Gasteiger partial charge in [-0.3, -0.25) is 14.8 Å². The highest BCUT2D eigenvalue weighted by Gasteiger charge is 2.46. The van der Waals surface area contributed by atoms with Crippen molar-refractivity contribution in [2.24, 2.45) is 0 Å². The maximum atomic E-state index is 4.44. The van der Waals surface area contributed by atoms with E-state index < -0.39 is 0 Å². The summed E-state index contributed by atoms with van der Waals surface area (Å²) in [6, 6.07) is 7.69. The van der Waals surface area contributed by atoms with Crippen molar-refractivity contribution in [3.63, 3.8) is 0 Å². The van der Waals surface area contributed by atoms with Crippen molar-refractivity contribution in [2.75, 3.05) is 13.1 Å². The third-order valence-electron chi connectivity index (χ3n) is 4.36. The van der Waals surface area contributed by atoms with Crippen LogP contribution < -0.4 is 0 Å². The van der Waals surface area contributed by atoms with Gasteiger partial charge in [-0.15, -0.1) is 0 Å². The molecule has 3 aliphatic rings. The molecule has 98 valence electrons. The van der Waals surface area contributed by atoms with Crippen LogP contribution in [0.2, 0.25) is 0 Å². The van der Waals surface area contributed by atoms with Gasteiger partial charge in [-0.1, -0.05) is 6.07 Å². The molecule has 0 saturated carbocycles. The molecule has 0 aliphatic carbocycles.